The van der Waals surface area contributed by atoms with Crippen LogP contribution in [0.4, 0.5) is 5.69 Å². The average Bonchev–Trinajstić information content (AvgIpc) is 2.64. The highest BCUT2D eigenvalue weighted by molar-refractivity contribution is 14.1. The molecule has 1 unspecified atom stereocenters. The van der Waals surface area contributed by atoms with Gasteiger partial charge in [-0.25, -0.2) is 8.42 Å². The van der Waals surface area contributed by atoms with Crippen molar-refractivity contribution in [2.45, 2.75) is 24.8 Å². The summed E-state index contributed by atoms with van der Waals surface area (Å²) in [7, 11) is -3.51. The van der Waals surface area contributed by atoms with Crippen LogP contribution in [0, 0.1) is 10.5 Å². The molecule has 0 saturated carbocycles. The topological polar surface area (TPSA) is 66.5 Å². The Morgan fingerprint density at radius 3 is 2.56 bits per heavy atom. The number of benzene rings is 2. The number of amides is 1. The molecule has 144 valence electrons. The van der Waals surface area contributed by atoms with Gasteiger partial charge in [-0.05, 0) is 78.4 Å². The molecule has 8 heteroatoms. The van der Waals surface area contributed by atoms with Crippen molar-refractivity contribution in [1.82, 2.24) is 4.31 Å². The van der Waals surface area contributed by atoms with Gasteiger partial charge in [-0.3, -0.25) is 4.79 Å². The maximum absolute atomic E-state index is 12.9. The van der Waals surface area contributed by atoms with Gasteiger partial charge in [0.25, 0.3) is 5.91 Å². The number of carbonyl (C=O) groups is 1. The van der Waals surface area contributed by atoms with Crippen molar-refractivity contribution in [2.75, 3.05) is 23.4 Å². The Bertz CT molecular complexity index is 946. The fourth-order valence-electron chi connectivity index (χ4n) is 2.85. The van der Waals surface area contributed by atoms with Gasteiger partial charge < -0.3 is 5.32 Å². The minimum atomic E-state index is -3.51. The van der Waals surface area contributed by atoms with Gasteiger partial charge in [0, 0.05) is 38.9 Å². The van der Waals surface area contributed by atoms with Crippen molar-refractivity contribution in [2.24, 2.45) is 0 Å². The lowest BCUT2D eigenvalue weighted by Gasteiger charge is -2.31. The smallest absolute Gasteiger partial charge is 0.255 e. The van der Waals surface area contributed by atoms with Crippen molar-refractivity contribution < 1.29 is 13.2 Å². The van der Waals surface area contributed by atoms with Gasteiger partial charge in [0.05, 0.1) is 4.90 Å². The highest BCUT2D eigenvalue weighted by Crippen LogP contribution is 2.25. The second-order valence-electron chi connectivity index (χ2n) is 6.48. The van der Waals surface area contributed by atoms with Crippen LogP contribution in [0.25, 0.3) is 0 Å². The Kier molecular flexibility index (Phi) is 6.50. The molecule has 27 heavy (non-hydrogen) atoms. The molecule has 0 aliphatic carbocycles. The van der Waals surface area contributed by atoms with Gasteiger partial charge in [-0.2, -0.15) is 16.1 Å². The fourth-order valence-corrected chi connectivity index (χ4v) is 6.22. The van der Waals surface area contributed by atoms with E-state index in [1.54, 1.807) is 46.4 Å². The summed E-state index contributed by atoms with van der Waals surface area (Å²) in [5.41, 5.74) is 2.25. The largest absolute Gasteiger partial charge is 0.322 e. The molecule has 1 amide bonds. The van der Waals surface area contributed by atoms with Crippen molar-refractivity contribution in [1.29, 1.82) is 0 Å². The van der Waals surface area contributed by atoms with Gasteiger partial charge in [0.1, 0.15) is 0 Å². The van der Waals surface area contributed by atoms with Gasteiger partial charge in [0.15, 0.2) is 0 Å². The highest BCUT2D eigenvalue weighted by atomic mass is 127. The third-order valence-electron chi connectivity index (χ3n) is 4.46. The first-order valence-electron chi connectivity index (χ1n) is 8.56. The molecule has 0 spiro atoms. The number of aryl methyl sites for hydroxylation is 1. The van der Waals surface area contributed by atoms with E-state index in [4.69, 9.17) is 0 Å². The molecular formula is C19H21IN2O3S2. The summed E-state index contributed by atoms with van der Waals surface area (Å²) in [6, 6.07) is 11.9. The summed E-state index contributed by atoms with van der Waals surface area (Å²) in [5, 5.41) is 2.82. The van der Waals surface area contributed by atoms with Crippen molar-refractivity contribution in [3.05, 3.63) is 57.2 Å². The molecule has 0 radical (unpaired) electrons. The molecule has 1 aliphatic heterocycles. The molecule has 1 heterocycles. The highest BCUT2D eigenvalue weighted by Gasteiger charge is 2.31. The maximum Gasteiger partial charge on any atom is 0.255 e. The number of nitrogens with one attached hydrogen (secondary N) is 1. The van der Waals surface area contributed by atoms with Crippen molar-refractivity contribution >= 4 is 56.0 Å². The summed E-state index contributed by atoms with van der Waals surface area (Å²) in [5.74, 6) is 1.40. The van der Waals surface area contributed by atoms with Crippen LogP contribution in [0.1, 0.15) is 22.8 Å². The number of halogens is 1. The van der Waals surface area contributed by atoms with E-state index in [1.807, 2.05) is 26.0 Å². The second kappa shape index (κ2) is 8.50. The first kappa shape index (κ1) is 20.6. The molecule has 2 aromatic rings. The SMILES string of the molecule is Cc1ccc(C(=O)Nc2ccc(S(=O)(=O)N3CCSCC3C)cc2)cc1I. The van der Waals surface area contributed by atoms with Crippen LogP contribution < -0.4 is 5.32 Å². The molecule has 2 aromatic carbocycles. The zero-order valence-electron chi connectivity index (χ0n) is 15.1. The lowest BCUT2D eigenvalue weighted by molar-refractivity contribution is 0.102. The summed E-state index contributed by atoms with van der Waals surface area (Å²) >= 11 is 3.97. The maximum atomic E-state index is 12.9. The van der Waals surface area contributed by atoms with Gasteiger partial charge in [-0.15, -0.1) is 0 Å². The molecule has 1 fully saturated rings. The Morgan fingerprint density at radius 1 is 1.22 bits per heavy atom. The van der Waals surface area contributed by atoms with Crippen LogP contribution in [0.5, 0.6) is 0 Å². The molecule has 1 N–H and O–H groups in total. The first-order valence-corrected chi connectivity index (χ1v) is 12.2. The zero-order chi connectivity index (χ0) is 19.6. The number of thioether (sulfide) groups is 1. The third-order valence-corrected chi connectivity index (χ3v) is 8.84. The number of hydrogen-bond acceptors (Lipinski definition) is 4. The second-order valence-corrected chi connectivity index (χ2v) is 10.7. The standard InChI is InChI=1S/C19H21IN2O3S2/c1-13-3-4-15(11-18(13)20)19(23)21-16-5-7-17(8-6-16)27(24,25)22-9-10-26-12-14(22)2/h3-8,11,14H,9-10,12H2,1-2H3,(H,21,23). The number of carbonyl (C=O) groups excluding carboxylic acids is 1. The molecule has 0 bridgehead atoms. The van der Waals surface area contributed by atoms with Gasteiger partial charge >= 0.3 is 0 Å². The Hall–Kier alpha value is -1.10. The van der Waals surface area contributed by atoms with E-state index >= 15 is 0 Å². The van der Waals surface area contributed by atoms with E-state index in [2.05, 4.69) is 27.9 Å². The monoisotopic (exact) mass is 516 g/mol. The van der Waals surface area contributed by atoms with E-state index in [9.17, 15) is 13.2 Å². The molecule has 1 aliphatic rings. The van der Waals surface area contributed by atoms with Crippen molar-refractivity contribution in [3.8, 4) is 0 Å². The van der Waals surface area contributed by atoms with E-state index in [-0.39, 0.29) is 16.8 Å². The van der Waals surface area contributed by atoms with E-state index in [1.165, 1.54) is 0 Å². The molecule has 5 nitrogen and oxygen atoms in total. The quantitative estimate of drug-likeness (QED) is 0.625. The summed E-state index contributed by atoms with van der Waals surface area (Å²) in [6.45, 7) is 4.45. The summed E-state index contributed by atoms with van der Waals surface area (Å²) in [6.07, 6.45) is 0. The minimum Gasteiger partial charge on any atom is -0.322 e. The van der Waals surface area contributed by atoms with Crippen LogP contribution >= 0.6 is 34.4 Å². The van der Waals surface area contributed by atoms with Crippen LogP contribution in [0.3, 0.4) is 0 Å². The zero-order valence-corrected chi connectivity index (χ0v) is 18.9. The molecule has 3 rings (SSSR count). The third kappa shape index (κ3) is 4.67. The summed E-state index contributed by atoms with van der Waals surface area (Å²) in [4.78, 5) is 12.7. The molecule has 0 aromatic heterocycles. The van der Waals surface area contributed by atoms with Gasteiger partial charge in [-0.1, -0.05) is 6.07 Å². The minimum absolute atomic E-state index is 0.0165. The fraction of sp³-hybridized carbons (Fsp3) is 0.316. The predicted octanol–water partition coefficient (Wildman–Crippen LogP) is 3.98. The summed E-state index contributed by atoms with van der Waals surface area (Å²) < 4.78 is 28.3. The number of nitrogens with zero attached hydrogens (tertiary/aromatic N) is 1. The average molecular weight is 516 g/mol. The lowest BCUT2D eigenvalue weighted by Crippen LogP contribution is -2.44. The normalized spacial score (nSPS) is 18.3. The number of hydrogen-bond donors (Lipinski definition) is 1. The molecule has 1 atom stereocenters. The van der Waals surface area contributed by atoms with Crippen LogP contribution in [-0.2, 0) is 10.0 Å². The molecular weight excluding hydrogens is 495 g/mol. The Balaban J connectivity index is 1.75. The number of rotatable bonds is 4. The molecule has 1 saturated heterocycles. The van der Waals surface area contributed by atoms with Crippen molar-refractivity contribution in [3.63, 3.8) is 0 Å². The number of sulfonamides is 1. The van der Waals surface area contributed by atoms with E-state index in [0.717, 1.165) is 20.6 Å². The number of anilines is 1. The van der Waals surface area contributed by atoms with Gasteiger partial charge in [0.2, 0.25) is 10.0 Å². The predicted molar refractivity (Wildman–Crippen MR) is 119 cm³/mol. The lowest BCUT2D eigenvalue weighted by atomic mass is 10.1. The van der Waals surface area contributed by atoms with E-state index < -0.39 is 10.0 Å². The van der Waals surface area contributed by atoms with E-state index in [0.29, 0.717) is 17.8 Å². The van der Waals surface area contributed by atoms with Crippen LogP contribution in [0.15, 0.2) is 47.4 Å². The van der Waals surface area contributed by atoms with Crippen LogP contribution in [-0.4, -0.2) is 42.7 Å². The first-order chi connectivity index (χ1) is 12.8. The Labute approximate surface area is 178 Å². The van der Waals surface area contributed by atoms with Crippen LogP contribution in [0.2, 0.25) is 0 Å². The Morgan fingerprint density at radius 2 is 1.93 bits per heavy atom.